The summed E-state index contributed by atoms with van der Waals surface area (Å²) in [6.45, 7) is 14.1. The number of nitrogens with zero attached hydrogens (tertiary/aromatic N) is 1. The van der Waals surface area contributed by atoms with Crippen molar-refractivity contribution in [1.82, 2.24) is 10.2 Å². The van der Waals surface area contributed by atoms with Gasteiger partial charge in [-0.1, -0.05) is 20.8 Å². The molecule has 0 saturated carbocycles. The predicted molar refractivity (Wildman–Crippen MR) is 75.8 cm³/mol. The molecule has 0 amide bonds. The first kappa shape index (κ1) is 15.1. The highest BCUT2D eigenvalue weighted by Crippen LogP contribution is 2.19. The zero-order valence-electron chi connectivity index (χ0n) is 12.0. The standard InChI is InChI=1S/C13H28N2OS/c1-6-17(16)8-7-15-10-13(4,5)14-9-12(15)11(2)3/h11-12,14H,6-10H2,1-5H3. The van der Waals surface area contributed by atoms with E-state index >= 15 is 0 Å². The summed E-state index contributed by atoms with van der Waals surface area (Å²) in [5.41, 5.74) is 0.180. The van der Waals surface area contributed by atoms with E-state index in [4.69, 9.17) is 0 Å². The van der Waals surface area contributed by atoms with E-state index in [9.17, 15) is 4.21 Å². The number of rotatable bonds is 5. The van der Waals surface area contributed by atoms with E-state index < -0.39 is 10.8 Å². The van der Waals surface area contributed by atoms with Gasteiger partial charge in [0.15, 0.2) is 0 Å². The molecule has 0 aromatic carbocycles. The van der Waals surface area contributed by atoms with Gasteiger partial charge in [0.2, 0.25) is 0 Å². The molecule has 17 heavy (non-hydrogen) atoms. The lowest BCUT2D eigenvalue weighted by Crippen LogP contribution is -2.63. The second-order valence-corrected chi connectivity index (χ2v) is 7.84. The van der Waals surface area contributed by atoms with Gasteiger partial charge in [0.05, 0.1) is 0 Å². The lowest BCUT2D eigenvalue weighted by molar-refractivity contribution is 0.0754. The molecule has 2 atom stereocenters. The van der Waals surface area contributed by atoms with Crippen molar-refractivity contribution in [2.75, 3.05) is 31.1 Å². The third-order valence-corrected chi connectivity index (χ3v) is 4.84. The normalized spacial score (nSPS) is 27.3. The van der Waals surface area contributed by atoms with E-state index in [2.05, 4.69) is 37.9 Å². The molecule has 0 spiro atoms. The van der Waals surface area contributed by atoms with Crippen LogP contribution in [0.3, 0.4) is 0 Å². The highest BCUT2D eigenvalue weighted by atomic mass is 32.2. The van der Waals surface area contributed by atoms with E-state index in [1.165, 1.54) is 0 Å². The Morgan fingerprint density at radius 3 is 2.65 bits per heavy atom. The van der Waals surface area contributed by atoms with Gasteiger partial charge in [-0.2, -0.15) is 0 Å². The molecule has 102 valence electrons. The maximum absolute atomic E-state index is 11.6. The molecule has 1 saturated heterocycles. The number of piperazine rings is 1. The molecule has 0 aromatic rings. The number of nitrogens with one attached hydrogen (secondary N) is 1. The number of hydrogen-bond donors (Lipinski definition) is 1. The van der Waals surface area contributed by atoms with Crippen LogP contribution in [0.25, 0.3) is 0 Å². The summed E-state index contributed by atoms with van der Waals surface area (Å²) in [7, 11) is -0.644. The molecule has 0 aromatic heterocycles. The zero-order chi connectivity index (χ0) is 13.1. The summed E-state index contributed by atoms with van der Waals surface area (Å²) in [5, 5.41) is 3.60. The average Bonchev–Trinajstić information content (AvgIpc) is 2.24. The van der Waals surface area contributed by atoms with E-state index in [0.29, 0.717) is 12.0 Å². The van der Waals surface area contributed by atoms with Gasteiger partial charge in [-0.15, -0.1) is 0 Å². The fourth-order valence-electron chi connectivity index (χ4n) is 2.46. The minimum Gasteiger partial charge on any atom is -0.309 e. The van der Waals surface area contributed by atoms with E-state index in [-0.39, 0.29) is 5.54 Å². The van der Waals surface area contributed by atoms with E-state index in [0.717, 1.165) is 31.1 Å². The van der Waals surface area contributed by atoms with Crippen LogP contribution in [-0.4, -0.2) is 51.8 Å². The topological polar surface area (TPSA) is 32.3 Å². The smallest absolute Gasteiger partial charge is 0.0362 e. The van der Waals surface area contributed by atoms with Gasteiger partial charge in [-0.25, -0.2) is 0 Å². The monoisotopic (exact) mass is 260 g/mol. The van der Waals surface area contributed by atoms with Crippen LogP contribution in [0.5, 0.6) is 0 Å². The Balaban J connectivity index is 2.58. The summed E-state index contributed by atoms with van der Waals surface area (Å²) >= 11 is 0. The zero-order valence-corrected chi connectivity index (χ0v) is 12.8. The Labute approximate surface area is 109 Å². The minimum atomic E-state index is -0.644. The predicted octanol–water partition coefficient (Wildman–Crippen LogP) is 1.46. The van der Waals surface area contributed by atoms with Crippen LogP contribution >= 0.6 is 0 Å². The van der Waals surface area contributed by atoms with Crippen molar-refractivity contribution in [3.8, 4) is 0 Å². The quantitative estimate of drug-likeness (QED) is 0.812. The minimum absolute atomic E-state index is 0.180. The van der Waals surface area contributed by atoms with Crippen LogP contribution in [0, 0.1) is 5.92 Å². The van der Waals surface area contributed by atoms with Crippen LogP contribution < -0.4 is 5.32 Å². The SMILES string of the molecule is CCS(=O)CCN1CC(C)(C)NCC1C(C)C. The lowest BCUT2D eigenvalue weighted by atomic mass is 9.93. The van der Waals surface area contributed by atoms with Crippen LogP contribution in [0.15, 0.2) is 0 Å². The molecule has 3 nitrogen and oxygen atoms in total. The molecule has 1 aliphatic heterocycles. The van der Waals surface area contributed by atoms with Gasteiger partial charge in [0.1, 0.15) is 0 Å². The second-order valence-electron chi connectivity index (χ2n) is 5.98. The maximum atomic E-state index is 11.6. The summed E-state index contributed by atoms with van der Waals surface area (Å²) in [6, 6.07) is 0.580. The third-order valence-electron chi connectivity index (χ3n) is 3.55. The van der Waals surface area contributed by atoms with Crippen LogP contribution in [0.4, 0.5) is 0 Å². The van der Waals surface area contributed by atoms with Gasteiger partial charge >= 0.3 is 0 Å². The van der Waals surface area contributed by atoms with Crippen molar-refractivity contribution < 1.29 is 4.21 Å². The Morgan fingerprint density at radius 2 is 2.12 bits per heavy atom. The summed E-state index contributed by atoms with van der Waals surface area (Å²) in [5.74, 6) is 2.24. The summed E-state index contributed by atoms with van der Waals surface area (Å²) < 4.78 is 11.6. The molecule has 0 bridgehead atoms. The Bertz CT molecular complexity index is 266. The molecule has 4 heteroatoms. The Hall–Kier alpha value is 0.0700. The van der Waals surface area contributed by atoms with Crippen LogP contribution in [0.2, 0.25) is 0 Å². The van der Waals surface area contributed by atoms with Crippen molar-refractivity contribution >= 4 is 10.8 Å². The molecule has 1 heterocycles. The first-order chi connectivity index (χ1) is 7.85. The van der Waals surface area contributed by atoms with Gasteiger partial charge in [-0.05, 0) is 19.8 Å². The third kappa shape index (κ3) is 4.68. The fraction of sp³-hybridized carbons (Fsp3) is 1.00. The van der Waals surface area contributed by atoms with Crippen molar-refractivity contribution in [2.24, 2.45) is 5.92 Å². The molecule has 1 aliphatic rings. The van der Waals surface area contributed by atoms with Crippen LogP contribution in [-0.2, 0) is 10.8 Å². The molecular formula is C13H28N2OS. The molecule has 0 aliphatic carbocycles. The largest absolute Gasteiger partial charge is 0.309 e. The van der Waals surface area contributed by atoms with Gasteiger partial charge < -0.3 is 5.32 Å². The molecule has 1 fully saturated rings. The van der Waals surface area contributed by atoms with Crippen molar-refractivity contribution in [2.45, 2.75) is 46.2 Å². The first-order valence-electron chi connectivity index (χ1n) is 6.70. The van der Waals surface area contributed by atoms with Crippen molar-refractivity contribution in [3.05, 3.63) is 0 Å². The van der Waals surface area contributed by atoms with Crippen molar-refractivity contribution in [3.63, 3.8) is 0 Å². The van der Waals surface area contributed by atoms with Gasteiger partial charge in [0.25, 0.3) is 0 Å². The Morgan fingerprint density at radius 1 is 1.47 bits per heavy atom. The molecule has 1 rings (SSSR count). The fourth-order valence-corrected chi connectivity index (χ4v) is 3.18. The lowest BCUT2D eigenvalue weighted by Gasteiger charge is -2.46. The van der Waals surface area contributed by atoms with Crippen molar-refractivity contribution in [1.29, 1.82) is 0 Å². The second kappa shape index (κ2) is 6.30. The molecule has 0 radical (unpaired) electrons. The van der Waals surface area contributed by atoms with E-state index in [1.807, 2.05) is 6.92 Å². The molecule has 2 unspecified atom stereocenters. The first-order valence-corrected chi connectivity index (χ1v) is 8.18. The molecule has 1 N–H and O–H groups in total. The van der Waals surface area contributed by atoms with E-state index in [1.54, 1.807) is 0 Å². The molecular weight excluding hydrogens is 232 g/mol. The van der Waals surface area contributed by atoms with Gasteiger partial charge in [0, 0.05) is 53.5 Å². The summed E-state index contributed by atoms with van der Waals surface area (Å²) in [6.07, 6.45) is 0. The summed E-state index contributed by atoms with van der Waals surface area (Å²) in [4.78, 5) is 2.52. The van der Waals surface area contributed by atoms with Crippen LogP contribution in [0.1, 0.15) is 34.6 Å². The van der Waals surface area contributed by atoms with Gasteiger partial charge in [-0.3, -0.25) is 9.11 Å². The number of hydrogen-bond acceptors (Lipinski definition) is 3. The highest BCUT2D eigenvalue weighted by molar-refractivity contribution is 7.84. The highest BCUT2D eigenvalue weighted by Gasteiger charge is 2.33. The Kier molecular flexibility index (Phi) is 5.61. The maximum Gasteiger partial charge on any atom is 0.0362 e. The average molecular weight is 260 g/mol.